The molecule has 0 aliphatic heterocycles. The molecule has 3 amide bonds. The second-order valence-electron chi connectivity index (χ2n) is 7.63. The van der Waals surface area contributed by atoms with E-state index in [-0.39, 0.29) is 11.9 Å². The first-order valence-corrected chi connectivity index (χ1v) is 10.3. The number of carbonyl (C=O) groups is 2. The van der Waals surface area contributed by atoms with Gasteiger partial charge in [-0.25, -0.2) is 4.79 Å². The highest BCUT2D eigenvalue weighted by molar-refractivity contribution is 6.04. The molecule has 0 aliphatic carbocycles. The van der Waals surface area contributed by atoms with Gasteiger partial charge in [-0.15, -0.1) is 0 Å². The third-order valence-corrected chi connectivity index (χ3v) is 4.70. The number of ether oxygens (including phenoxy) is 1. The highest BCUT2D eigenvalue weighted by Gasteiger charge is 2.08. The summed E-state index contributed by atoms with van der Waals surface area (Å²) in [6, 6.07) is 21.7. The quantitative estimate of drug-likeness (QED) is 0.495. The van der Waals surface area contributed by atoms with Crippen LogP contribution in [0, 0.1) is 0 Å². The molecule has 0 atom stereocenters. The minimum Gasteiger partial charge on any atom is -0.497 e. The zero-order chi connectivity index (χ0) is 22.9. The summed E-state index contributed by atoms with van der Waals surface area (Å²) in [4.78, 5) is 26.9. The molecule has 32 heavy (non-hydrogen) atoms. The number of anilines is 2. The largest absolute Gasteiger partial charge is 0.497 e. The molecule has 3 N–H and O–H groups in total. The Balaban J connectivity index is 1.53. The topological polar surface area (TPSA) is 82.7 Å². The van der Waals surface area contributed by atoms with Crippen LogP contribution in [-0.2, 0) is 13.1 Å². The molecule has 3 rings (SSSR count). The van der Waals surface area contributed by atoms with Crippen LogP contribution in [0.2, 0.25) is 0 Å². The molecule has 0 saturated heterocycles. The lowest BCUT2D eigenvalue weighted by molar-refractivity contribution is 0.102. The van der Waals surface area contributed by atoms with Gasteiger partial charge in [0.1, 0.15) is 5.75 Å². The first-order valence-electron chi connectivity index (χ1n) is 10.3. The van der Waals surface area contributed by atoms with E-state index in [1.165, 1.54) is 5.56 Å². The minimum absolute atomic E-state index is 0.199. The van der Waals surface area contributed by atoms with E-state index in [1.54, 1.807) is 49.6 Å². The minimum atomic E-state index is -0.331. The van der Waals surface area contributed by atoms with Crippen LogP contribution in [0.4, 0.5) is 16.2 Å². The van der Waals surface area contributed by atoms with E-state index in [2.05, 4.69) is 20.9 Å². The molecule has 3 aromatic carbocycles. The van der Waals surface area contributed by atoms with Crippen LogP contribution < -0.4 is 20.7 Å². The lowest BCUT2D eigenvalue weighted by Gasteiger charge is -2.11. The Morgan fingerprint density at radius 3 is 2.16 bits per heavy atom. The van der Waals surface area contributed by atoms with Crippen molar-refractivity contribution in [2.45, 2.75) is 13.1 Å². The number of amides is 3. The summed E-state index contributed by atoms with van der Waals surface area (Å²) < 4.78 is 5.10. The van der Waals surface area contributed by atoms with Crippen LogP contribution in [0.15, 0.2) is 72.8 Å². The van der Waals surface area contributed by atoms with Crippen LogP contribution >= 0.6 is 0 Å². The molecule has 0 unspecified atom stereocenters. The van der Waals surface area contributed by atoms with Gasteiger partial charge in [-0.3, -0.25) is 4.79 Å². The van der Waals surface area contributed by atoms with E-state index in [0.717, 1.165) is 23.5 Å². The van der Waals surface area contributed by atoms with Crippen molar-refractivity contribution >= 4 is 23.3 Å². The third-order valence-electron chi connectivity index (χ3n) is 4.70. The van der Waals surface area contributed by atoms with Gasteiger partial charge in [-0.05, 0) is 73.8 Å². The molecule has 0 fully saturated rings. The molecule has 0 aliphatic rings. The van der Waals surface area contributed by atoms with Crippen molar-refractivity contribution in [1.29, 1.82) is 0 Å². The van der Waals surface area contributed by atoms with Gasteiger partial charge in [0, 0.05) is 30.0 Å². The molecule has 0 radical (unpaired) electrons. The van der Waals surface area contributed by atoms with E-state index in [9.17, 15) is 9.59 Å². The summed E-state index contributed by atoms with van der Waals surface area (Å²) in [6.45, 7) is 1.14. The lowest BCUT2D eigenvalue weighted by atomic mass is 10.1. The number of nitrogens with one attached hydrogen (secondary N) is 3. The van der Waals surface area contributed by atoms with Crippen LogP contribution in [-0.4, -0.2) is 38.0 Å². The standard InChI is InChI=1S/C25H28N4O3/c1-29(2)17-18-7-9-21(10-8-18)27-24(30)20-6-4-5-19(15-20)16-26-25(31)28-22-11-13-23(32-3)14-12-22/h4-15H,16-17H2,1-3H3,(H,27,30)(H2,26,28,31). The number of rotatable bonds is 8. The molecule has 0 heterocycles. The molecule has 0 bridgehead atoms. The smallest absolute Gasteiger partial charge is 0.319 e. The monoisotopic (exact) mass is 432 g/mol. The van der Waals surface area contributed by atoms with Gasteiger partial charge in [-0.2, -0.15) is 0 Å². The molecule has 0 saturated carbocycles. The van der Waals surface area contributed by atoms with Gasteiger partial charge < -0.3 is 25.6 Å². The summed E-state index contributed by atoms with van der Waals surface area (Å²) in [7, 11) is 5.62. The highest BCUT2D eigenvalue weighted by atomic mass is 16.5. The lowest BCUT2D eigenvalue weighted by Crippen LogP contribution is -2.28. The Morgan fingerprint density at radius 2 is 1.50 bits per heavy atom. The Hall–Kier alpha value is -3.84. The predicted octanol–water partition coefficient (Wildman–Crippen LogP) is 4.33. The van der Waals surface area contributed by atoms with Crippen molar-refractivity contribution < 1.29 is 14.3 Å². The first kappa shape index (κ1) is 22.8. The fourth-order valence-corrected chi connectivity index (χ4v) is 3.12. The van der Waals surface area contributed by atoms with Crippen LogP contribution in [0.25, 0.3) is 0 Å². The maximum atomic E-state index is 12.6. The van der Waals surface area contributed by atoms with Crippen molar-refractivity contribution in [2.24, 2.45) is 0 Å². The van der Waals surface area contributed by atoms with Crippen molar-refractivity contribution in [3.8, 4) is 5.75 Å². The van der Waals surface area contributed by atoms with E-state index in [1.807, 2.05) is 44.4 Å². The highest BCUT2D eigenvalue weighted by Crippen LogP contribution is 2.15. The first-order chi connectivity index (χ1) is 15.4. The summed E-state index contributed by atoms with van der Waals surface area (Å²) in [5.74, 6) is 0.519. The Kier molecular flexibility index (Phi) is 7.83. The van der Waals surface area contributed by atoms with E-state index >= 15 is 0 Å². The Morgan fingerprint density at radius 1 is 0.844 bits per heavy atom. The summed E-state index contributed by atoms with van der Waals surface area (Å²) in [6.07, 6.45) is 0. The number of hydrogen-bond acceptors (Lipinski definition) is 4. The van der Waals surface area contributed by atoms with Crippen molar-refractivity contribution in [1.82, 2.24) is 10.2 Å². The molecular formula is C25H28N4O3. The van der Waals surface area contributed by atoms with Gasteiger partial charge in [-0.1, -0.05) is 24.3 Å². The zero-order valence-electron chi connectivity index (χ0n) is 18.5. The molecule has 7 heteroatoms. The number of urea groups is 1. The normalized spacial score (nSPS) is 10.5. The van der Waals surface area contributed by atoms with Crippen LogP contribution in [0.5, 0.6) is 5.75 Å². The fourth-order valence-electron chi connectivity index (χ4n) is 3.12. The van der Waals surface area contributed by atoms with Crippen LogP contribution in [0.3, 0.4) is 0 Å². The summed E-state index contributed by atoms with van der Waals surface area (Å²) in [5, 5.41) is 8.47. The van der Waals surface area contributed by atoms with Gasteiger partial charge in [0.05, 0.1) is 7.11 Å². The van der Waals surface area contributed by atoms with Crippen molar-refractivity contribution in [3.63, 3.8) is 0 Å². The van der Waals surface area contributed by atoms with Gasteiger partial charge in [0.25, 0.3) is 5.91 Å². The number of hydrogen-bond donors (Lipinski definition) is 3. The van der Waals surface area contributed by atoms with Crippen molar-refractivity contribution in [2.75, 3.05) is 31.8 Å². The maximum Gasteiger partial charge on any atom is 0.319 e. The van der Waals surface area contributed by atoms with Crippen LogP contribution in [0.1, 0.15) is 21.5 Å². The second kappa shape index (κ2) is 11.0. The number of carbonyl (C=O) groups excluding carboxylic acids is 2. The van der Waals surface area contributed by atoms with Crippen molar-refractivity contribution in [3.05, 3.63) is 89.5 Å². The molecular weight excluding hydrogens is 404 g/mol. The SMILES string of the molecule is COc1ccc(NC(=O)NCc2cccc(C(=O)Nc3ccc(CN(C)C)cc3)c2)cc1. The molecule has 3 aromatic rings. The number of methoxy groups -OCH3 is 1. The number of nitrogens with zero attached hydrogens (tertiary/aromatic N) is 1. The molecule has 0 aromatic heterocycles. The van der Waals surface area contributed by atoms with E-state index < -0.39 is 0 Å². The molecule has 166 valence electrons. The average Bonchev–Trinajstić information content (AvgIpc) is 2.79. The summed E-state index contributed by atoms with van der Waals surface area (Å²) >= 11 is 0. The van der Waals surface area contributed by atoms with E-state index in [0.29, 0.717) is 17.8 Å². The fraction of sp³-hybridized carbons (Fsp3) is 0.200. The molecule has 7 nitrogen and oxygen atoms in total. The Bertz CT molecular complexity index is 1050. The second-order valence-corrected chi connectivity index (χ2v) is 7.63. The Labute approximate surface area is 188 Å². The average molecular weight is 433 g/mol. The summed E-state index contributed by atoms with van der Waals surface area (Å²) in [5.41, 5.74) is 3.92. The van der Waals surface area contributed by atoms with Gasteiger partial charge >= 0.3 is 6.03 Å². The van der Waals surface area contributed by atoms with Gasteiger partial charge in [0.15, 0.2) is 0 Å². The molecule has 0 spiro atoms. The predicted molar refractivity (Wildman–Crippen MR) is 127 cm³/mol. The zero-order valence-corrected chi connectivity index (χ0v) is 18.5. The third kappa shape index (κ3) is 6.85. The number of benzene rings is 3. The van der Waals surface area contributed by atoms with Gasteiger partial charge in [0.2, 0.25) is 0 Å². The maximum absolute atomic E-state index is 12.6. The van der Waals surface area contributed by atoms with E-state index in [4.69, 9.17) is 4.74 Å².